The van der Waals surface area contributed by atoms with Gasteiger partial charge in [0.1, 0.15) is 0 Å². The topological polar surface area (TPSA) is 50.5 Å². The van der Waals surface area contributed by atoms with E-state index in [2.05, 4.69) is 28.0 Å². The fraction of sp³-hybridized carbons (Fsp3) is 0.136. The van der Waals surface area contributed by atoms with Gasteiger partial charge < -0.3 is 0 Å². The Morgan fingerprint density at radius 2 is 1.76 bits per heavy atom. The fourth-order valence-corrected chi connectivity index (χ4v) is 4.92. The Bertz CT molecular complexity index is 1160. The van der Waals surface area contributed by atoms with Crippen LogP contribution in [0.3, 0.4) is 0 Å². The smallest absolute Gasteiger partial charge is 0.240 e. The second-order valence-corrected chi connectivity index (χ2v) is 8.43. The molecular formula is C22H18N4OS2. The summed E-state index contributed by atoms with van der Waals surface area (Å²) in [6, 6.07) is 14.0. The first-order valence-electron chi connectivity index (χ1n) is 9.28. The minimum Gasteiger partial charge on any atom is -0.273 e. The van der Waals surface area contributed by atoms with E-state index in [1.165, 1.54) is 0 Å². The first-order valence-corrected chi connectivity index (χ1v) is 11.2. The maximum absolute atomic E-state index is 12.4. The zero-order chi connectivity index (χ0) is 19.8. The number of rotatable bonds is 4. The lowest BCUT2D eigenvalue weighted by Crippen LogP contribution is -2.24. The van der Waals surface area contributed by atoms with Gasteiger partial charge in [-0.25, -0.2) is 9.69 Å². The summed E-state index contributed by atoms with van der Waals surface area (Å²) in [5, 5.41) is 19.4. The Kier molecular flexibility index (Phi) is 4.61. The molecule has 5 nitrogen and oxygen atoms in total. The zero-order valence-electron chi connectivity index (χ0n) is 15.7. The number of carbonyl (C=O) groups is 1. The van der Waals surface area contributed by atoms with Gasteiger partial charge in [-0.3, -0.25) is 4.79 Å². The molecule has 3 aromatic heterocycles. The number of amides is 1. The van der Waals surface area contributed by atoms with Crippen molar-refractivity contribution in [2.75, 3.05) is 0 Å². The fourth-order valence-electron chi connectivity index (χ4n) is 3.61. The highest BCUT2D eigenvalue weighted by atomic mass is 32.1. The highest BCUT2D eigenvalue weighted by molar-refractivity contribution is 7.08. The Balaban J connectivity index is 1.61. The molecular weight excluding hydrogens is 400 g/mol. The monoisotopic (exact) mass is 418 g/mol. The van der Waals surface area contributed by atoms with Crippen molar-refractivity contribution in [3.63, 3.8) is 0 Å². The second-order valence-electron chi connectivity index (χ2n) is 6.87. The van der Waals surface area contributed by atoms with Crippen molar-refractivity contribution in [1.82, 2.24) is 14.8 Å². The number of hydrogen-bond acceptors (Lipinski definition) is 5. The summed E-state index contributed by atoms with van der Waals surface area (Å²) >= 11 is 3.28. The van der Waals surface area contributed by atoms with E-state index < -0.39 is 0 Å². The Labute approximate surface area is 176 Å². The maximum Gasteiger partial charge on any atom is 0.240 e. The third-order valence-electron chi connectivity index (χ3n) is 5.00. The highest BCUT2D eigenvalue weighted by Gasteiger charge is 2.34. The van der Waals surface area contributed by atoms with Gasteiger partial charge in [0.05, 0.1) is 23.1 Å². The molecule has 0 bridgehead atoms. The van der Waals surface area contributed by atoms with Crippen LogP contribution in [0.25, 0.3) is 16.9 Å². The number of nitrogens with zero attached hydrogens (tertiary/aromatic N) is 4. The summed E-state index contributed by atoms with van der Waals surface area (Å²) in [5.41, 5.74) is 5.98. The summed E-state index contributed by atoms with van der Waals surface area (Å²) in [4.78, 5) is 12.4. The summed E-state index contributed by atoms with van der Waals surface area (Å²) < 4.78 is 1.89. The van der Waals surface area contributed by atoms with Gasteiger partial charge in [0, 0.05) is 41.6 Å². The molecule has 29 heavy (non-hydrogen) atoms. The number of aromatic nitrogens is 2. The molecule has 1 aliphatic heterocycles. The van der Waals surface area contributed by atoms with E-state index in [0.717, 1.165) is 33.8 Å². The van der Waals surface area contributed by atoms with Crippen molar-refractivity contribution >= 4 is 34.3 Å². The molecule has 5 rings (SSSR count). The van der Waals surface area contributed by atoms with Gasteiger partial charge >= 0.3 is 0 Å². The summed E-state index contributed by atoms with van der Waals surface area (Å²) in [6.07, 6.45) is 2.71. The van der Waals surface area contributed by atoms with Crippen LogP contribution in [0, 0.1) is 0 Å². The first kappa shape index (κ1) is 18.0. The van der Waals surface area contributed by atoms with Crippen LogP contribution in [0.15, 0.2) is 75.3 Å². The molecule has 0 fully saturated rings. The second kappa shape index (κ2) is 7.42. The van der Waals surface area contributed by atoms with Crippen LogP contribution in [0.1, 0.15) is 30.5 Å². The lowest BCUT2D eigenvalue weighted by Gasteiger charge is -2.20. The number of benzene rings is 1. The number of hydrogen-bond donors (Lipinski definition) is 0. The van der Waals surface area contributed by atoms with Crippen LogP contribution in [-0.4, -0.2) is 26.4 Å². The normalized spacial score (nSPS) is 16.2. The largest absolute Gasteiger partial charge is 0.273 e. The van der Waals surface area contributed by atoms with Gasteiger partial charge in [-0.1, -0.05) is 18.2 Å². The molecule has 4 aromatic rings. The van der Waals surface area contributed by atoms with Gasteiger partial charge in [-0.05, 0) is 40.4 Å². The SMILES string of the molecule is CC(=O)N1N=C(c2ccsc2)C[C@@H]1c1cn(-c2ccccc2)nc1-c1ccsc1. The van der Waals surface area contributed by atoms with Crippen LogP contribution < -0.4 is 0 Å². The summed E-state index contributed by atoms with van der Waals surface area (Å²) in [7, 11) is 0. The standard InChI is InChI=1S/C22H18N4OS2/c1-15(27)26-21(11-20(23-26)16-7-9-28-13-16)19-12-25(18-5-3-2-4-6-18)24-22(19)17-8-10-29-14-17/h2-10,12-14,21H,11H2,1H3/t21-/m1/s1. The Hall–Kier alpha value is -3.03. The molecule has 1 amide bonds. The van der Waals surface area contributed by atoms with Gasteiger partial charge in [0.25, 0.3) is 0 Å². The van der Waals surface area contributed by atoms with Crippen molar-refractivity contribution in [3.8, 4) is 16.9 Å². The van der Waals surface area contributed by atoms with Gasteiger partial charge in [-0.2, -0.15) is 32.9 Å². The Morgan fingerprint density at radius 3 is 2.41 bits per heavy atom. The molecule has 7 heteroatoms. The van der Waals surface area contributed by atoms with Crippen molar-refractivity contribution in [2.24, 2.45) is 5.10 Å². The zero-order valence-corrected chi connectivity index (χ0v) is 17.4. The third kappa shape index (κ3) is 3.32. The van der Waals surface area contributed by atoms with Crippen LogP contribution in [0.2, 0.25) is 0 Å². The van der Waals surface area contributed by atoms with Crippen molar-refractivity contribution < 1.29 is 4.79 Å². The number of carbonyl (C=O) groups excluding carboxylic acids is 1. The molecule has 1 aromatic carbocycles. The van der Waals surface area contributed by atoms with Crippen LogP contribution in [0.5, 0.6) is 0 Å². The molecule has 0 radical (unpaired) electrons. The van der Waals surface area contributed by atoms with Gasteiger partial charge in [0.15, 0.2) is 0 Å². The van der Waals surface area contributed by atoms with Crippen LogP contribution in [0.4, 0.5) is 0 Å². The quantitative estimate of drug-likeness (QED) is 0.448. The average molecular weight is 419 g/mol. The van der Waals surface area contributed by atoms with E-state index in [4.69, 9.17) is 5.10 Å². The first-order chi connectivity index (χ1) is 14.2. The number of hydrazone groups is 1. The van der Waals surface area contributed by atoms with Gasteiger partial charge in [-0.15, -0.1) is 0 Å². The molecule has 1 aliphatic rings. The lowest BCUT2D eigenvalue weighted by atomic mass is 9.98. The van der Waals surface area contributed by atoms with Crippen molar-refractivity contribution in [3.05, 3.63) is 81.3 Å². The predicted molar refractivity (Wildman–Crippen MR) is 118 cm³/mol. The lowest BCUT2D eigenvalue weighted by molar-refractivity contribution is -0.130. The molecule has 0 spiro atoms. The Morgan fingerprint density at radius 1 is 1.03 bits per heavy atom. The van der Waals surface area contributed by atoms with E-state index in [0.29, 0.717) is 6.42 Å². The van der Waals surface area contributed by atoms with Crippen molar-refractivity contribution in [2.45, 2.75) is 19.4 Å². The van der Waals surface area contributed by atoms with E-state index in [1.807, 2.05) is 52.0 Å². The molecule has 1 atom stereocenters. The van der Waals surface area contributed by atoms with E-state index in [-0.39, 0.29) is 11.9 Å². The molecule has 144 valence electrons. The average Bonchev–Trinajstić information content (AvgIpc) is 3.54. The number of thiophene rings is 2. The molecule has 4 heterocycles. The van der Waals surface area contributed by atoms with Crippen molar-refractivity contribution in [1.29, 1.82) is 0 Å². The predicted octanol–water partition coefficient (Wildman–Crippen LogP) is 5.36. The molecule has 0 aliphatic carbocycles. The molecule has 0 saturated carbocycles. The minimum absolute atomic E-state index is 0.0658. The molecule has 0 unspecified atom stereocenters. The highest BCUT2D eigenvalue weighted by Crippen LogP contribution is 2.38. The van der Waals surface area contributed by atoms with Crippen LogP contribution >= 0.6 is 22.7 Å². The summed E-state index contributed by atoms with van der Waals surface area (Å²) in [6.45, 7) is 1.57. The van der Waals surface area contributed by atoms with E-state index in [1.54, 1.807) is 34.6 Å². The maximum atomic E-state index is 12.4. The van der Waals surface area contributed by atoms with Gasteiger partial charge in [0.2, 0.25) is 5.91 Å². The van der Waals surface area contributed by atoms with E-state index in [9.17, 15) is 4.79 Å². The molecule has 0 N–H and O–H groups in total. The minimum atomic E-state index is -0.172. The van der Waals surface area contributed by atoms with Crippen LogP contribution in [-0.2, 0) is 4.79 Å². The summed E-state index contributed by atoms with van der Waals surface area (Å²) in [5.74, 6) is -0.0658. The number of para-hydroxylation sites is 1. The van der Waals surface area contributed by atoms with E-state index >= 15 is 0 Å². The molecule has 0 saturated heterocycles. The third-order valence-corrected chi connectivity index (χ3v) is 6.37.